The quantitative estimate of drug-likeness (QED) is 0.192. The number of benzene rings is 7. The second kappa shape index (κ2) is 10.8. The first-order valence-electron chi connectivity index (χ1n) is 16.7. The van der Waals surface area contributed by atoms with Crippen molar-refractivity contribution in [3.05, 3.63) is 175 Å². The first-order chi connectivity index (χ1) is 24.2. The van der Waals surface area contributed by atoms with E-state index in [4.69, 9.17) is 9.98 Å². The Kier molecular flexibility index (Phi) is 6.09. The van der Waals surface area contributed by atoms with Gasteiger partial charge in [0.2, 0.25) is 5.96 Å². The summed E-state index contributed by atoms with van der Waals surface area (Å²) in [6.07, 6.45) is -0.267. The summed E-state index contributed by atoms with van der Waals surface area (Å²) in [6, 6.07) is 58.2. The van der Waals surface area contributed by atoms with E-state index in [-0.39, 0.29) is 6.17 Å². The van der Waals surface area contributed by atoms with Gasteiger partial charge in [0.25, 0.3) is 0 Å². The molecule has 10 rings (SSSR count). The van der Waals surface area contributed by atoms with Crippen molar-refractivity contribution in [3.8, 4) is 5.69 Å². The van der Waals surface area contributed by atoms with Crippen LogP contribution in [-0.2, 0) is 0 Å². The van der Waals surface area contributed by atoms with Crippen LogP contribution in [0.15, 0.2) is 174 Å². The summed E-state index contributed by atoms with van der Waals surface area (Å²) in [5, 5.41) is 7.16. The Bertz CT molecular complexity index is 2790. The van der Waals surface area contributed by atoms with Crippen LogP contribution in [0.25, 0.3) is 60.1 Å². The van der Waals surface area contributed by atoms with E-state index in [9.17, 15) is 0 Å². The highest BCUT2D eigenvalue weighted by molar-refractivity contribution is 6.28. The summed E-state index contributed by atoms with van der Waals surface area (Å²) in [6.45, 7) is 0. The molecule has 232 valence electrons. The topological polar surface area (TPSA) is 37.8 Å². The Morgan fingerprint density at radius 3 is 1.96 bits per heavy atom. The van der Waals surface area contributed by atoms with Gasteiger partial charge in [-0.2, -0.15) is 4.99 Å². The normalized spacial score (nSPS) is 15.0. The lowest BCUT2D eigenvalue weighted by molar-refractivity contribution is 0.372. The summed E-state index contributed by atoms with van der Waals surface area (Å²) in [7, 11) is 2.12. The van der Waals surface area contributed by atoms with Crippen molar-refractivity contribution >= 4 is 66.2 Å². The van der Waals surface area contributed by atoms with E-state index in [2.05, 4.69) is 185 Å². The number of aliphatic imine (C=N–C) groups is 2. The molecule has 0 saturated heterocycles. The van der Waals surface area contributed by atoms with Crippen molar-refractivity contribution in [2.45, 2.75) is 6.17 Å². The summed E-state index contributed by atoms with van der Waals surface area (Å²) in [5.41, 5.74) is 7.83. The third-order valence-electron chi connectivity index (χ3n) is 9.92. The average Bonchev–Trinajstić information content (AvgIpc) is 3.68. The van der Waals surface area contributed by atoms with E-state index in [1.807, 2.05) is 0 Å². The van der Waals surface area contributed by atoms with Gasteiger partial charge in [0.15, 0.2) is 12.0 Å². The molecule has 1 atom stereocenters. The third-order valence-corrected chi connectivity index (χ3v) is 9.92. The van der Waals surface area contributed by atoms with Crippen LogP contribution in [0.4, 0.5) is 0 Å². The van der Waals surface area contributed by atoms with Crippen LogP contribution in [0, 0.1) is 0 Å². The van der Waals surface area contributed by atoms with Crippen LogP contribution in [0.3, 0.4) is 0 Å². The van der Waals surface area contributed by atoms with Crippen LogP contribution in [-0.4, -0.2) is 32.9 Å². The van der Waals surface area contributed by atoms with Crippen molar-refractivity contribution < 1.29 is 0 Å². The fourth-order valence-corrected chi connectivity index (χ4v) is 7.68. The largest absolute Gasteiger partial charge is 0.319 e. The SMILES string of the molecule is CN1C(n2c3ccccc3c3ccc4c(c5ccccc5n4-c4ccccc4)c32)=NC(c2ccc3ccccc3c2)=NC1c1ccccc1. The maximum absolute atomic E-state index is 5.46. The van der Waals surface area contributed by atoms with E-state index in [1.54, 1.807) is 0 Å². The predicted octanol–water partition coefficient (Wildman–Crippen LogP) is 10.3. The fourth-order valence-electron chi connectivity index (χ4n) is 7.68. The Hall–Kier alpha value is -6.46. The molecule has 0 N–H and O–H groups in total. The van der Waals surface area contributed by atoms with Crippen LogP contribution >= 0.6 is 0 Å². The van der Waals surface area contributed by atoms with Crippen molar-refractivity contribution in [1.82, 2.24) is 14.0 Å². The zero-order valence-corrected chi connectivity index (χ0v) is 26.9. The molecule has 1 unspecified atom stereocenters. The zero-order chi connectivity index (χ0) is 32.5. The van der Waals surface area contributed by atoms with Crippen molar-refractivity contribution in [2.75, 3.05) is 7.05 Å². The maximum Gasteiger partial charge on any atom is 0.214 e. The van der Waals surface area contributed by atoms with Gasteiger partial charge >= 0.3 is 0 Å². The standard InChI is InChI=1S/C44H31N5/c1-47-43(30-15-4-2-5-16-30)45-42(32-25-24-29-14-8-9-17-31(29)28-32)46-44(47)49-37-22-12-10-20-34(37)35-26-27-39-40(41(35)49)36-21-11-13-23-38(36)48(39)33-18-6-3-7-19-33/h2-28,43H,1H3. The Labute approximate surface area is 283 Å². The fraction of sp³-hybridized carbons (Fsp3) is 0.0455. The molecule has 0 saturated carbocycles. The maximum atomic E-state index is 5.46. The van der Waals surface area contributed by atoms with Gasteiger partial charge in [-0.05, 0) is 52.7 Å². The summed E-state index contributed by atoms with van der Waals surface area (Å²) < 4.78 is 4.76. The smallest absolute Gasteiger partial charge is 0.214 e. The monoisotopic (exact) mass is 629 g/mol. The number of aromatic nitrogens is 2. The molecule has 0 radical (unpaired) electrons. The Morgan fingerprint density at radius 1 is 0.510 bits per heavy atom. The van der Waals surface area contributed by atoms with Gasteiger partial charge in [0.05, 0.1) is 22.1 Å². The number of hydrogen-bond acceptors (Lipinski definition) is 3. The van der Waals surface area contributed by atoms with E-state index in [0.717, 1.165) is 45.2 Å². The molecule has 1 aliphatic heterocycles. The highest BCUT2D eigenvalue weighted by atomic mass is 15.4. The molecule has 49 heavy (non-hydrogen) atoms. The molecular weight excluding hydrogens is 599 g/mol. The molecule has 0 fully saturated rings. The lowest BCUT2D eigenvalue weighted by Crippen LogP contribution is -2.39. The highest BCUT2D eigenvalue weighted by Crippen LogP contribution is 2.41. The van der Waals surface area contributed by atoms with E-state index in [0.29, 0.717) is 0 Å². The van der Waals surface area contributed by atoms with Crippen LogP contribution in [0.1, 0.15) is 17.3 Å². The highest BCUT2D eigenvalue weighted by Gasteiger charge is 2.30. The minimum atomic E-state index is -0.267. The van der Waals surface area contributed by atoms with Gasteiger partial charge in [-0.15, -0.1) is 0 Å². The molecule has 0 bridgehead atoms. The summed E-state index contributed by atoms with van der Waals surface area (Å²) in [5.74, 6) is 1.56. The Balaban J connectivity index is 1.32. The van der Waals surface area contributed by atoms with Crippen LogP contribution in [0.5, 0.6) is 0 Å². The van der Waals surface area contributed by atoms with Gasteiger partial charge < -0.3 is 9.47 Å². The first kappa shape index (κ1) is 27.6. The zero-order valence-electron chi connectivity index (χ0n) is 26.9. The van der Waals surface area contributed by atoms with Gasteiger partial charge in [-0.25, -0.2) is 4.99 Å². The summed E-state index contributed by atoms with van der Waals surface area (Å²) >= 11 is 0. The molecule has 5 nitrogen and oxygen atoms in total. The molecule has 1 aliphatic rings. The number of para-hydroxylation sites is 3. The second-order valence-electron chi connectivity index (χ2n) is 12.7. The van der Waals surface area contributed by atoms with E-state index < -0.39 is 0 Å². The number of rotatable bonds is 3. The molecule has 5 heteroatoms. The van der Waals surface area contributed by atoms with E-state index >= 15 is 0 Å². The van der Waals surface area contributed by atoms with Crippen molar-refractivity contribution in [1.29, 1.82) is 0 Å². The molecule has 0 aliphatic carbocycles. The molecule has 7 aromatic carbocycles. The van der Waals surface area contributed by atoms with Crippen LogP contribution < -0.4 is 0 Å². The minimum absolute atomic E-state index is 0.267. The number of amidine groups is 1. The van der Waals surface area contributed by atoms with Gasteiger partial charge in [-0.3, -0.25) is 4.57 Å². The molecular formula is C44H31N5. The minimum Gasteiger partial charge on any atom is -0.319 e. The lowest BCUT2D eigenvalue weighted by Gasteiger charge is -2.33. The molecule has 2 aromatic heterocycles. The van der Waals surface area contributed by atoms with Crippen molar-refractivity contribution in [3.63, 3.8) is 0 Å². The Morgan fingerprint density at radius 2 is 1.16 bits per heavy atom. The predicted molar refractivity (Wildman–Crippen MR) is 204 cm³/mol. The third kappa shape index (κ3) is 4.19. The molecule has 0 amide bonds. The lowest BCUT2D eigenvalue weighted by atomic mass is 10.1. The number of hydrogen-bond donors (Lipinski definition) is 0. The number of fused-ring (bicyclic) bond motifs is 8. The van der Waals surface area contributed by atoms with Gasteiger partial charge in [-0.1, -0.05) is 127 Å². The van der Waals surface area contributed by atoms with Crippen molar-refractivity contribution in [2.24, 2.45) is 9.98 Å². The van der Waals surface area contributed by atoms with Gasteiger partial charge in [0.1, 0.15) is 0 Å². The molecule has 0 spiro atoms. The average molecular weight is 630 g/mol. The first-order valence-corrected chi connectivity index (χ1v) is 16.7. The van der Waals surface area contributed by atoms with E-state index in [1.165, 1.54) is 37.8 Å². The number of nitrogens with zero attached hydrogens (tertiary/aromatic N) is 5. The molecule has 9 aromatic rings. The summed E-state index contributed by atoms with van der Waals surface area (Å²) in [4.78, 5) is 13.0. The second-order valence-corrected chi connectivity index (χ2v) is 12.7. The molecule has 3 heterocycles. The van der Waals surface area contributed by atoms with Gasteiger partial charge in [0, 0.05) is 39.8 Å². The van der Waals surface area contributed by atoms with Crippen LogP contribution in [0.2, 0.25) is 0 Å².